The number of nitrogen functional groups attached to an aromatic ring is 1. The van der Waals surface area contributed by atoms with Gasteiger partial charge in [-0.3, -0.25) is 4.79 Å². The Morgan fingerprint density at radius 3 is 2.48 bits per heavy atom. The maximum Gasteiger partial charge on any atom is 0.268 e. The van der Waals surface area contributed by atoms with Gasteiger partial charge >= 0.3 is 0 Å². The first-order valence-electron chi connectivity index (χ1n) is 7.43. The van der Waals surface area contributed by atoms with E-state index in [2.05, 4.69) is 4.98 Å². The molecule has 1 aromatic carbocycles. The van der Waals surface area contributed by atoms with E-state index in [1.807, 2.05) is 6.92 Å². The number of pyridine rings is 1. The molecule has 0 spiro atoms. The van der Waals surface area contributed by atoms with Crippen LogP contribution in [0.1, 0.15) is 30.9 Å². The van der Waals surface area contributed by atoms with Crippen molar-refractivity contribution < 1.29 is 13.5 Å². The summed E-state index contributed by atoms with van der Waals surface area (Å²) in [6.07, 6.45) is 1.48. The molecular formula is C17H14F2N4O2. The molecule has 0 unspecified atom stereocenters. The first-order valence-corrected chi connectivity index (χ1v) is 7.43. The molecule has 0 aliphatic rings. The van der Waals surface area contributed by atoms with E-state index in [-0.39, 0.29) is 23.7 Å². The van der Waals surface area contributed by atoms with Gasteiger partial charge in [-0.15, -0.1) is 0 Å². The zero-order valence-electron chi connectivity index (χ0n) is 13.3. The van der Waals surface area contributed by atoms with Gasteiger partial charge in [-0.05, 0) is 18.6 Å². The quantitative estimate of drug-likeness (QED) is 0.809. The van der Waals surface area contributed by atoms with Crippen molar-refractivity contribution >= 4 is 5.82 Å². The van der Waals surface area contributed by atoms with Crippen LogP contribution in [0.2, 0.25) is 0 Å². The van der Waals surface area contributed by atoms with E-state index in [0.29, 0.717) is 6.42 Å². The topological polar surface area (TPSA) is 116 Å². The second kappa shape index (κ2) is 7.45. The lowest BCUT2D eigenvalue weighted by Gasteiger charge is -2.13. The molecule has 0 radical (unpaired) electrons. The van der Waals surface area contributed by atoms with Gasteiger partial charge in [0, 0.05) is 5.56 Å². The highest BCUT2D eigenvalue weighted by Gasteiger charge is 2.25. The number of H-pyrrole nitrogens is 1. The van der Waals surface area contributed by atoms with Gasteiger partial charge in [0.2, 0.25) is 0 Å². The lowest BCUT2D eigenvalue weighted by atomic mass is 9.95. The summed E-state index contributed by atoms with van der Waals surface area (Å²) in [5, 5.41) is 18.5. The fourth-order valence-corrected chi connectivity index (χ4v) is 2.29. The number of aromatic nitrogens is 1. The van der Waals surface area contributed by atoms with Crippen LogP contribution in [0, 0.1) is 34.3 Å². The van der Waals surface area contributed by atoms with Crippen LogP contribution < -0.4 is 16.0 Å². The zero-order chi connectivity index (χ0) is 18.6. The number of hydrogen-bond donors (Lipinski definition) is 2. The summed E-state index contributed by atoms with van der Waals surface area (Å²) < 4.78 is 34.4. The first-order chi connectivity index (χ1) is 12.0. The van der Waals surface area contributed by atoms with E-state index in [4.69, 9.17) is 10.5 Å². The van der Waals surface area contributed by atoms with Crippen LogP contribution >= 0.6 is 0 Å². The van der Waals surface area contributed by atoms with E-state index < -0.39 is 33.9 Å². The number of benzene rings is 1. The van der Waals surface area contributed by atoms with Gasteiger partial charge in [0.1, 0.15) is 34.9 Å². The van der Waals surface area contributed by atoms with E-state index in [1.165, 1.54) is 0 Å². The third-order valence-electron chi connectivity index (χ3n) is 3.53. The molecule has 0 saturated carbocycles. The molecule has 25 heavy (non-hydrogen) atoms. The van der Waals surface area contributed by atoms with Crippen LogP contribution in [0.25, 0.3) is 11.1 Å². The number of nitrogens with two attached hydrogens (primary N) is 1. The van der Waals surface area contributed by atoms with Crippen LogP contribution in [-0.2, 0) is 0 Å². The highest BCUT2D eigenvalue weighted by atomic mass is 19.1. The molecule has 2 rings (SSSR count). The van der Waals surface area contributed by atoms with Crippen LogP contribution in [-0.4, -0.2) is 11.6 Å². The molecule has 0 saturated heterocycles. The molecule has 0 atom stereocenters. The lowest BCUT2D eigenvalue weighted by Crippen LogP contribution is -2.17. The fraction of sp³-hybridized carbons (Fsp3) is 0.235. The molecule has 3 N–H and O–H groups in total. The van der Waals surface area contributed by atoms with E-state index >= 15 is 0 Å². The molecule has 8 heteroatoms. The zero-order valence-corrected chi connectivity index (χ0v) is 13.3. The molecular weight excluding hydrogens is 330 g/mol. The molecule has 0 amide bonds. The van der Waals surface area contributed by atoms with Crippen LogP contribution in [0.15, 0.2) is 16.9 Å². The third kappa shape index (κ3) is 3.29. The van der Waals surface area contributed by atoms with Gasteiger partial charge in [-0.2, -0.15) is 10.5 Å². The normalized spacial score (nSPS) is 10.1. The van der Waals surface area contributed by atoms with Crippen LogP contribution in [0.5, 0.6) is 5.75 Å². The first kappa shape index (κ1) is 18.0. The summed E-state index contributed by atoms with van der Waals surface area (Å²) in [7, 11) is 0. The monoisotopic (exact) mass is 344 g/mol. The van der Waals surface area contributed by atoms with Gasteiger partial charge in [-0.1, -0.05) is 13.3 Å². The molecule has 1 heterocycles. The molecule has 1 aromatic heterocycles. The van der Waals surface area contributed by atoms with Crippen molar-refractivity contribution in [3.05, 3.63) is 45.2 Å². The average Bonchev–Trinajstić information content (AvgIpc) is 2.57. The Labute approximate surface area is 142 Å². The minimum atomic E-state index is -1.10. The summed E-state index contributed by atoms with van der Waals surface area (Å²) in [4.78, 5) is 14.0. The van der Waals surface area contributed by atoms with E-state index in [1.54, 1.807) is 12.1 Å². The molecule has 0 bridgehead atoms. The van der Waals surface area contributed by atoms with E-state index in [0.717, 1.165) is 18.6 Å². The van der Waals surface area contributed by atoms with Crippen LogP contribution in [0.4, 0.5) is 14.6 Å². The maximum atomic E-state index is 14.8. The number of halogens is 2. The summed E-state index contributed by atoms with van der Waals surface area (Å²) in [5.74, 6) is -2.76. The molecule has 6 nitrogen and oxygen atoms in total. The van der Waals surface area contributed by atoms with Crippen molar-refractivity contribution in [2.24, 2.45) is 0 Å². The lowest BCUT2D eigenvalue weighted by molar-refractivity contribution is 0.294. The number of nitriles is 2. The van der Waals surface area contributed by atoms with Crippen molar-refractivity contribution in [1.29, 1.82) is 10.5 Å². The minimum absolute atomic E-state index is 0.215. The summed E-state index contributed by atoms with van der Waals surface area (Å²) in [6.45, 7) is 2.14. The summed E-state index contributed by atoms with van der Waals surface area (Å²) in [5.41, 5.74) is 2.46. The Hall–Kier alpha value is -3.39. The number of aromatic amines is 1. The predicted molar refractivity (Wildman–Crippen MR) is 86.7 cm³/mol. The highest BCUT2D eigenvalue weighted by Crippen LogP contribution is 2.36. The number of rotatable bonds is 5. The Balaban J connectivity index is 2.79. The Morgan fingerprint density at radius 1 is 1.20 bits per heavy atom. The number of nitrogens with one attached hydrogen (secondary N) is 1. The Kier molecular flexibility index (Phi) is 5.35. The molecule has 2 aromatic rings. The van der Waals surface area contributed by atoms with Gasteiger partial charge < -0.3 is 15.5 Å². The van der Waals surface area contributed by atoms with Gasteiger partial charge in [0.15, 0.2) is 11.6 Å². The standard InChI is InChI=1S/C17H14F2N4O2/c1-2-3-6-25-12-5-4-11(18)14(15(12)19)13-9(7-20)16(22)23-17(24)10(13)8-21/h4-5H,2-3,6H2,1H3,(H3,22,23,24). The average molecular weight is 344 g/mol. The predicted octanol–water partition coefficient (Wildman–Crippen LogP) is 2.82. The van der Waals surface area contributed by atoms with E-state index in [9.17, 15) is 24.1 Å². The molecule has 0 fully saturated rings. The van der Waals surface area contributed by atoms with Gasteiger partial charge in [0.05, 0.1) is 12.2 Å². The number of ether oxygens (including phenoxy) is 1. The fourth-order valence-electron chi connectivity index (χ4n) is 2.29. The van der Waals surface area contributed by atoms with Crippen LogP contribution in [0.3, 0.4) is 0 Å². The second-order valence-electron chi connectivity index (χ2n) is 5.15. The largest absolute Gasteiger partial charge is 0.490 e. The van der Waals surface area contributed by atoms with Crippen molar-refractivity contribution in [1.82, 2.24) is 4.98 Å². The number of unbranched alkanes of at least 4 members (excludes halogenated alkanes) is 1. The number of nitrogens with zero attached hydrogens (tertiary/aromatic N) is 2. The summed E-state index contributed by atoms with van der Waals surface area (Å²) in [6, 6.07) is 5.29. The Morgan fingerprint density at radius 2 is 1.88 bits per heavy atom. The Bertz CT molecular complexity index is 955. The third-order valence-corrected chi connectivity index (χ3v) is 3.53. The van der Waals surface area contributed by atoms with Crippen molar-refractivity contribution in [3.8, 4) is 29.0 Å². The smallest absolute Gasteiger partial charge is 0.268 e. The van der Waals surface area contributed by atoms with Gasteiger partial charge in [-0.25, -0.2) is 8.78 Å². The maximum absolute atomic E-state index is 14.8. The summed E-state index contributed by atoms with van der Waals surface area (Å²) >= 11 is 0. The molecule has 0 aliphatic heterocycles. The van der Waals surface area contributed by atoms with Gasteiger partial charge in [0.25, 0.3) is 5.56 Å². The molecule has 128 valence electrons. The SMILES string of the molecule is CCCCOc1ccc(F)c(-c2c(C#N)c(N)[nH]c(=O)c2C#N)c1F. The molecule has 0 aliphatic carbocycles. The number of hydrogen-bond acceptors (Lipinski definition) is 5. The minimum Gasteiger partial charge on any atom is -0.490 e. The number of anilines is 1. The second-order valence-corrected chi connectivity index (χ2v) is 5.15. The van der Waals surface area contributed by atoms with Crippen molar-refractivity contribution in [2.75, 3.05) is 12.3 Å². The van der Waals surface area contributed by atoms with Crippen molar-refractivity contribution in [2.45, 2.75) is 19.8 Å². The van der Waals surface area contributed by atoms with Crippen molar-refractivity contribution in [3.63, 3.8) is 0 Å². The highest BCUT2D eigenvalue weighted by molar-refractivity contribution is 5.81.